The monoisotopic (exact) mass is 281 g/mol. The van der Waals surface area contributed by atoms with Crippen LogP contribution in [0.15, 0.2) is 11.0 Å². The summed E-state index contributed by atoms with van der Waals surface area (Å²) in [4.78, 5) is 12.0. The molecule has 0 aliphatic rings. The molecule has 0 fully saturated rings. The molecule has 0 radical (unpaired) electrons. The minimum Gasteiger partial charge on any atom is -0.355 e. The van der Waals surface area contributed by atoms with Gasteiger partial charge in [-0.25, -0.2) is 4.39 Å². The summed E-state index contributed by atoms with van der Waals surface area (Å²) in [5, 5.41) is 2.63. The van der Waals surface area contributed by atoms with Gasteiger partial charge in [0.2, 0.25) is 0 Å². The molecular formula is C10H10Cl2FNOS. The van der Waals surface area contributed by atoms with Crippen LogP contribution in [-0.2, 0) is 0 Å². The molecule has 1 amide bonds. The molecule has 0 spiro atoms. The Labute approximate surface area is 107 Å². The zero-order chi connectivity index (χ0) is 12.3. The predicted octanol–water partition coefficient (Wildman–Crippen LogP) is 3.60. The summed E-state index contributed by atoms with van der Waals surface area (Å²) in [7, 11) is 1.42. The first-order chi connectivity index (χ1) is 7.52. The maximum atomic E-state index is 13.5. The largest absolute Gasteiger partial charge is 0.355 e. The second kappa shape index (κ2) is 5.75. The maximum Gasteiger partial charge on any atom is 0.255 e. The molecular weight excluding hydrogens is 272 g/mol. The summed E-state index contributed by atoms with van der Waals surface area (Å²) in [5.41, 5.74) is -0.162. The minimum atomic E-state index is -0.713. The first-order valence-corrected chi connectivity index (χ1v) is 6.29. The van der Waals surface area contributed by atoms with E-state index >= 15 is 0 Å². The van der Waals surface area contributed by atoms with Gasteiger partial charge in [0.05, 0.1) is 15.6 Å². The Kier molecular flexibility index (Phi) is 4.89. The fourth-order valence-electron chi connectivity index (χ4n) is 1.18. The van der Waals surface area contributed by atoms with Gasteiger partial charge in [-0.2, -0.15) is 0 Å². The average molecular weight is 282 g/mol. The van der Waals surface area contributed by atoms with Gasteiger partial charge in [0.15, 0.2) is 0 Å². The molecule has 0 saturated heterocycles. The van der Waals surface area contributed by atoms with Gasteiger partial charge in [-0.05, 0) is 11.8 Å². The van der Waals surface area contributed by atoms with E-state index in [1.54, 1.807) is 0 Å². The Balaban J connectivity index is 3.38. The van der Waals surface area contributed by atoms with Crippen LogP contribution in [0.5, 0.6) is 0 Å². The van der Waals surface area contributed by atoms with E-state index in [9.17, 15) is 9.18 Å². The molecule has 0 aliphatic carbocycles. The molecule has 16 heavy (non-hydrogen) atoms. The van der Waals surface area contributed by atoms with Crippen LogP contribution in [0.3, 0.4) is 0 Å². The number of carbonyl (C=O) groups is 1. The summed E-state index contributed by atoms with van der Waals surface area (Å²) >= 11 is 13.2. The molecule has 0 bridgehead atoms. The summed E-state index contributed by atoms with van der Waals surface area (Å²) in [6.45, 7) is 1.92. The Bertz CT molecular complexity index is 426. The van der Waals surface area contributed by atoms with Gasteiger partial charge < -0.3 is 5.32 Å². The summed E-state index contributed by atoms with van der Waals surface area (Å²) in [6.07, 6.45) is 0. The molecule has 88 valence electrons. The fraction of sp³-hybridized carbons (Fsp3) is 0.300. The van der Waals surface area contributed by atoms with Crippen molar-refractivity contribution in [3.8, 4) is 0 Å². The second-order valence-corrected chi connectivity index (χ2v) is 4.93. The van der Waals surface area contributed by atoms with Crippen molar-refractivity contribution in [2.75, 3.05) is 12.8 Å². The number of thioether (sulfide) groups is 1. The Hall–Kier alpha value is -0.450. The third kappa shape index (κ3) is 2.62. The zero-order valence-electron chi connectivity index (χ0n) is 8.73. The molecule has 1 rings (SSSR count). The molecule has 0 aliphatic heterocycles. The lowest BCUT2D eigenvalue weighted by atomic mass is 10.2. The van der Waals surface area contributed by atoms with Crippen molar-refractivity contribution in [3.05, 3.63) is 27.5 Å². The molecule has 0 saturated carbocycles. The first-order valence-electron chi connectivity index (χ1n) is 4.55. The van der Waals surface area contributed by atoms with Crippen molar-refractivity contribution in [3.63, 3.8) is 0 Å². The third-order valence-corrected chi connectivity index (χ3v) is 3.77. The van der Waals surface area contributed by atoms with E-state index in [1.807, 2.05) is 6.92 Å². The van der Waals surface area contributed by atoms with Crippen molar-refractivity contribution in [1.82, 2.24) is 5.32 Å². The van der Waals surface area contributed by atoms with E-state index in [4.69, 9.17) is 23.2 Å². The third-order valence-electron chi connectivity index (χ3n) is 1.87. The van der Waals surface area contributed by atoms with E-state index in [1.165, 1.54) is 18.8 Å². The molecule has 0 unspecified atom stereocenters. The number of hydrogen-bond donors (Lipinski definition) is 1. The maximum absolute atomic E-state index is 13.5. The highest BCUT2D eigenvalue weighted by atomic mass is 35.5. The average Bonchev–Trinajstić information content (AvgIpc) is 2.23. The highest BCUT2D eigenvalue weighted by molar-refractivity contribution is 7.99. The number of halogens is 3. The number of rotatable bonds is 3. The quantitative estimate of drug-likeness (QED) is 0.858. The smallest absolute Gasteiger partial charge is 0.255 e. The van der Waals surface area contributed by atoms with Gasteiger partial charge in [-0.1, -0.05) is 30.1 Å². The fourth-order valence-corrected chi connectivity index (χ4v) is 2.74. The lowest BCUT2D eigenvalue weighted by molar-refractivity contribution is 0.0959. The van der Waals surface area contributed by atoms with Gasteiger partial charge in [-0.3, -0.25) is 4.79 Å². The number of benzene rings is 1. The van der Waals surface area contributed by atoms with Crippen molar-refractivity contribution in [1.29, 1.82) is 0 Å². The van der Waals surface area contributed by atoms with Crippen LogP contribution in [0.25, 0.3) is 0 Å². The van der Waals surface area contributed by atoms with E-state index < -0.39 is 11.7 Å². The van der Waals surface area contributed by atoms with Crippen LogP contribution >= 0.6 is 35.0 Å². The molecule has 0 aromatic heterocycles. The standard InChI is InChI=1S/C10H10Cl2FNOS/c1-3-16-9-5(11)4-6(13)7(8(9)12)10(15)14-2/h4H,3H2,1-2H3,(H,14,15). The Morgan fingerprint density at radius 2 is 2.19 bits per heavy atom. The molecule has 1 aromatic rings. The van der Waals surface area contributed by atoms with Crippen molar-refractivity contribution < 1.29 is 9.18 Å². The Morgan fingerprint density at radius 3 is 2.69 bits per heavy atom. The summed E-state index contributed by atoms with van der Waals surface area (Å²) < 4.78 is 13.5. The van der Waals surface area contributed by atoms with Gasteiger partial charge >= 0.3 is 0 Å². The number of nitrogens with one attached hydrogen (secondary N) is 1. The van der Waals surface area contributed by atoms with Gasteiger partial charge in [0, 0.05) is 11.9 Å². The minimum absolute atomic E-state index is 0.0659. The van der Waals surface area contributed by atoms with Crippen LogP contribution in [0, 0.1) is 5.82 Å². The van der Waals surface area contributed by atoms with E-state index in [0.717, 1.165) is 11.8 Å². The number of carbonyl (C=O) groups excluding carboxylic acids is 1. The van der Waals surface area contributed by atoms with Crippen molar-refractivity contribution in [2.24, 2.45) is 0 Å². The zero-order valence-corrected chi connectivity index (χ0v) is 11.1. The van der Waals surface area contributed by atoms with Crippen LogP contribution in [0.4, 0.5) is 4.39 Å². The molecule has 0 atom stereocenters. The molecule has 6 heteroatoms. The molecule has 1 aromatic carbocycles. The highest BCUT2D eigenvalue weighted by Crippen LogP contribution is 2.37. The lowest BCUT2D eigenvalue weighted by Gasteiger charge is -2.10. The normalized spacial score (nSPS) is 10.3. The second-order valence-electron chi connectivity index (χ2n) is 2.87. The SMILES string of the molecule is CCSc1c(Cl)cc(F)c(C(=O)NC)c1Cl. The highest BCUT2D eigenvalue weighted by Gasteiger charge is 2.20. The predicted molar refractivity (Wildman–Crippen MR) is 66.2 cm³/mol. The van der Waals surface area contributed by atoms with Crippen LogP contribution in [0.2, 0.25) is 10.0 Å². The summed E-state index contributed by atoms with van der Waals surface area (Å²) in [5.74, 6) is -0.537. The van der Waals surface area contributed by atoms with Gasteiger partial charge in [0.25, 0.3) is 5.91 Å². The first kappa shape index (κ1) is 13.6. The van der Waals surface area contributed by atoms with Crippen LogP contribution in [-0.4, -0.2) is 18.7 Å². The number of amides is 1. The van der Waals surface area contributed by atoms with Gasteiger partial charge in [-0.15, -0.1) is 11.8 Å². The molecule has 1 N–H and O–H groups in total. The van der Waals surface area contributed by atoms with Crippen LogP contribution < -0.4 is 5.32 Å². The van der Waals surface area contributed by atoms with Crippen LogP contribution in [0.1, 0.15) is 17.3 Å². The molecule has 2 nitrogen and oxygen atoms in total. The number of hydrogen-bond acceptors (Lipinski definition) is 2. The topological polar surface area (TPSA) is 29.1 Å². The van der Waals surface area contributed by atoms with Crippen molar-refractivity contribution >= 4 is 40.9 Å². The van der Waals surface area contributed by atoms with Crippen molar-refractivity contribution in [2.45, 2.75) is 11.8 Å². The summed E-state index contributed by atoms with van der Waals surface area (Å²) in [6, 6.07) is 1.11. The lowest BCUT2D eigenvalue weighted by Crippen LogP contribution is -2.20. The van der Waals surface area contributed by atoms with E-state index in [-0.39, 0.29) is 15.6 Å². The van der Waals surface area contributed by atoms with E-state index in [0.29, 0.717) is 4.90 Å². The Morgan fingerprint density at radius 1 is 1.56 bits per heavy atom. The van der Waals surface area contributed by atoms with E-state index in [2.05, 4.69) is 5.32 Å². The van der Waals surface area contributed by atoms with Gasteiger partial charge in [0.1, 0.15) is 5.82 Å². The molecule has 0 heterocycles.